The van der Waals surface area contributed by atoms with E-state index >= 15 is 0 Å². The predicted octanol–water partition coefficient (Wildman–Crippen LogP) is 4.02. The molecule has 1 atom stereocenters. The predicted molar refractivity (Wildman–Crippen MR) is 81.4 cm³/mol. The Hall–Kier alpha value is -2.69. The van der Waals surface area contributed by atoms with E-state index in [2.05, 4.69) is 10.3 Å². The SMILES string of the molecule is CC1CC(=O)c2nc3occc3c(-c3ccc(F)cc3)c2N1. The van der Waals surface area contributed by atoms with Gasteiger partial charge < -0.3 is 9.73 Å². The van der Waals surface area contributed by atoms with Crippen LogP contribution in [0.3, 0.4) is 0 Å². The maximum absolute atomic E-state index is 13.2. The van der Waals surface area contributed by atoms with E-state index in [1.165, 1.54) is 12.1 Å². The summed E-state index contributed by atoms with van der Waals surface area (Å²) >= 11 is 0. The molecule has 5 heteroatoms. The molecule has 1 aromatic carbocycles. The molecule has 0 saturated heterocycles. The van der Waals surface area contributed by atoms with Crippen LogP contribution >= 0.6 is 0 Å². The van der Waals surface area contributed by atoms with E-state index in [0.717, 1.165) is 16.5 Å². The fourth-order valence-corrected chi connectivity index (χ4v) is 2.92. The third kappa shape index (κ3) is 1.89. The van der Waals surface area contributed by atoms with Gasteiger partial charge in [0.1, 0.15) is 11.5 Å². The van der Waals surface area contributed by atoms with Gasteiger partial charge in [-0.25, -0.2) is 9.37 Å². The first kappa shape index (κ1) is 13.0. The highest BCUT2D eigenvalue weighted by Gasteiger charge is 2.28. The molecule has 1 aliphatic rings. The summed E-state index contributed by atoms with van der Waals surface area (Å²) in [4.78, 5) is 16.6. The molecule has 0 amide bonds. The van der Waals surface area contributed by atoms with Crippen molar-refractivity contribution in [3.63, 3.8) is 0 Å². The van der Waals surface area contributed by atoms with Crippen LogP contribution < -0.4 is 5.32 Å². The first-order chi connectivity index (χ1) is 10.6. The largest absolute Gasteiger partial charge is 0.446 e. The fraction of sp³-hybridized carbons (Fsp3) is 0.176. The van der Waals surface area contributed by atoms with E-state index in [4.69, 9.17) is 4.42 Å². The number of nitrogens with zero attached hydrogens (tertiary/aromatic N) is 1. The van der Waals surface area contributed by atoms with Gasteiger partial charge in [-0.2, -0.15) is 0 Å². The van der Waals surface area contributed by atoms with E-state index < -0.39 is 0 Å². The van der Waals surface area contributed by atoms with Crippen molar-refractivity contribution in [1.29, 1.82) is 0 Å². The maximum Gasteiger partial charge on any atom is 0.227 e. The Morgan fingerprint density at radius 2 is 2.05 bits per heavy atom. The van der Waals surface area contributed by atoms with Crippen molar-refractivity contribution in [3.8, 4) is 11.1 Å². The zero-order valence-corrected chi connectivity index (χ0v) is 11.9. The van der Waals surface area contributed by atoms with E-state index in [1.807, 2.05) is 13.0 Å². The average Bonchev–Trinajstić information content (AvgIpc) is 2.94. The number of carbonyl (C=O) groups excluding carboxylic acids is 1. The number of nitrogens with one attached hydrogen (secondary N) is 1. The topological polar surface area (TPSA) is 55.1 Å². The molecule has 2 aromatic heterocycles. The molecule has 1 aliphatic heterocycles. The van der Waals surface area contributed by atoms with Crippen molar-refractivity contribution in [2.45, 2.75) is 19.4 Å². The number of aromatic nitrogens is 1. The van der Waals surface area contributed by atoms with E-state index in [9.17, 15) is 9.18 Å². The Bertz CT molecular complexity index is 884. The number of halogens is 1. The molecule has 0 spiro atoms. The van der Waals surface area contributed by atoms with Crippen LogP contribution in [0.1, 0.15) is 23.8 Å². The minimum absolute atomic E-state index is 0.0112. The third-order valence-electron chi connectivity index (χ3n) is 3.89. The van der Waals surface area contributed by atoms with Gasteiger partial charge in [0.25, 0.3) is 0 Å². The number of carbonyl (C=O) groups is 1. The lowest BCUT2D eigenvalue weighted by Crippen LogP contribution is -2.28. The van der Waals surface area contributed by atoms with Gasteiger partial charge in [0, 0.05) is 18.0 Å². The number of ketones is 1. The molecule has 22 heavy (non-hydrogen) atoms. The maximum atomic E-state index is 13.2. The standard InChI is InChI=1S/C17H13FN2O2/c1-9-8-13(21)15-16(19-9)14(10-2-4-11(18)5-3-10)12-6-7-22-17(12)20-15/h2-7,9,19H,8H2,1H3. The van der Waals surface area contributed by atoms with Crippen LogP contribution in [-0.4, -0.2) is 16.8 Å². The Labute approximate surface area is 126 Å². The zero-order valence-electron chi connectivity index (χ0n) is 11.9. The monoisotopic (exact) mass is 296 g/mol. The van der Waals surface area contributed by atoms with Crippen LogP contribution in [-0.2, 0) is 0 Å². The van der Waals surface area contributed by atoms with Gasteiger partial charge >= 0.3 is 0 Å². The number of pyridine rings is 1. The molecule has 0 bridgehead atoms. The van der Waals surface area contributed by atoms with Crippen LogP contribution in [0.25, 0.3) is 22.2 Å². The Kier molecular flexibility index (Phi) is 2.76. The number of Topliss-reactive ketones (excluding diaryl/α,β-unsaturated/α-hetero) is 1. The number of furan rings is 1. The van der Waals surface area contributed by atoms with Crippen LogP contribution in [0.15, 0.2) is 41.0 Å². The van der Waals surface area contributed by atoms with Crippen LogP contribution in [0.4, 0.5) is 10.1 Å². The molecule has 0 radical (unpaired) electrons. The Morgan fingerprint density at radius 1 is 1.27 bits per heavy atom. The lowest BCUT2D eigenvalue weighted by Gasteiger charge is -2.25. The highest BCUT2D eigenvalue weighted by molar-refractivity contribution is 6.11. The number of hydrogen-bond acceptors (Lipinski definition) is 4. The first-order valence-corrected chi connectivity index (χ1v) is 7.10. The molecule has 4 nitrogen and oxygen atoms in total. The van der Waals surface area contributed by atoms with E-state index in [-0.39, 0.29) is 17.6 Å². The molecule has 3 aromatic rings. The van der Waals surface area contributed by atoms with Crippen molar-refractivity contribution < 1.29 is 13.6 Å². The Morgan fingerprint density at radius 3 is 2.82 bits per heavy atom. The normalized spacial score (nSPS) is 17.4. The van der Waals surface area contributed by atoms with Gasteiger partial charge in [0.05, 0.1) is 17.3 Å². The highest BCUT2D eigenvalue weighted by Crippen LogP contribution is 2.40. The molecule has 1 N–H and O–H groups in total. The summed E-state index contributed by atoms with van der Waals surface area (Å²) in [5.41, 5.74) is 3.15. The smallest absolute Gasteiger partial charge is 0.227 e. The summed E-state index contributed by atoms with van der Waals surface area (Å²) in [5.74, 6) is -0.310. The summed E-state index contributed by atoms with van der Waals surface area (Å²) in [6, 6.07) is 8.05. The molecular weight excluding hydrogens is 283 g/mol. The molecule has 0 saturated carbocycles. The number of fused-ring (bicyclic) bond motifs is 2. The zero-order chi connectivity index (χ0) is 15.3. The molecule has 4 rings (SSSR count). The second-order valence-corrected chi connectivity index (χ2v) is 5.53. The van der Waals surface area contributed by atoms with Gasteiger partial charge in [-0.3, -0.25) is 4.79 Å². The molecule has 0 aliphatic carbocycles. The average molecular weight is 296 g/mol. The molecule has 110 valence electrons. The second kappa shape index (κ2) is 4.66. The van der Waals surface area contributed by atoms with Gasteiger partial charge in [-0.05, 0) is 30.7 Å². The van der Waals surface area contributed by atoms with Crippen molar-refractivity contribution in [3.05, 3.63) is 48.1 Å². The molecular formula is C17H13FN2O2. The minimum Gasteiger partial charge on any atom is -0.446 e. The van der Waals surface area contributed by atoms with E-state index in [1.54, 1.807) is 18.4 Å². The molecule has 1 unspecified atom stereocenters. The summed E-state index contributed by atoms with van der Waals surface area (Å²) < 4.78 is 18.6. The van der Waals surface area contributed by atoms with Gasteiger partial charge in [0.2, 0.25) is 5.71 Å². The van der Waals surface area contributed by atoms with Gasteiger partial charge in [0.15, 0.2) is 5.78 Å². The lowest BCUT2D eigenvalue weighted by molar-refractivity contribution is 0.0969. The van der Waals surface area contributed by atoms with Crippen LogP contribution in [0.2, 0.25) is 0 Å². The quantitative estimate of drug-likeness (QED) is 0.737. The fourth-order valence-electron chi connectivity index (χ4n) is 2.92. The number of benzene rings is 1. The third-order valence-corrected chi connectivity index (χ3v) is 3.89. The van der Waals surface area contributed by atoms with Crippen LogP contribution in [0, 0.1) is 5.82 Å². The number of hydrogen-bond donors (Lipinski definition) is 1. The number of anilines is 1. The van der Waals surface area contributed by atoms with Crippen molar-refractivity contribution in [1.82, 2.24) is 4.98 Å². The minimum atomic E-state index is -0.299. The summed E-state index contributed by atoms with van der Waals surface area (Å²) in [5, 5.41) is 4.14. The van der Waals surface area contributed by atoms with Gasteiger partial charge in [-0.1, -0.05) is 12.1 Å². The molecule has 0 fully saturated rings. The van der Waals surface area contributed by atoms with Crippen molar-refractivity contribution in [2.24, 2.45) is 0 Å². The number of rotatable bonds is 1. The van der Waals surface area contributed by atoms with Crippen molar-refractivity contribution >= 4 is 22.6 Å². The van der Waals surface area contributed by atoms with Crippen LogP contribution in [0.5, 0.6) is 0 Å². The second-order valence-electron chi connectivity index (χ2n) is 5.53. The summed E-state index contributed by atoms with van der Waals surface area (Å²) in [6.07, 6.45) is 1.94. The van der Waals surface area contributed by atoms with E-state index in [0.29, 0.717) is 23.5 Å². The van der Waals surface area contributed by atoms with Gasteiger partial charge in [-0.15, -0.1) is 0 Å². The summed E-state index contributed by atoms with van der Waals surface area (Å²) in [6.45, 7) is 1.95. The Balaban J connectivity index is 2.07. The van der Waals surface area contributed by atoms with Crippen molar-refractivity contribution in [2.75, 3.05) is 5.32 Å². The summed E-state index contributed by atoms with van der Waals surface area (Å²) in [7, 11) is 0. The highest BCUT2D eigenvalue weighted by atomic mass is 19.1. The first-order valence-electron chi connectivity index (χ1n) is 7.10. The lowest BCUT2D eigenvalue weighted by atomic mass is 9.94. The molecule has 3 heterocycles.